The van der Waals surface area contributed by atoms with Gasteiger partial charge in [0.1, 0.15) is 5.65 Å². The summed E-state index contributed by atoms with van der Waals surface area (Å²) in [5, 5.41) is 0. The van der Waals surface area contributed by atoms with Crippen LogP contribution in [0.4, 0.5) is 5.69 Å². The fourth-order valence-corrected chi connectivity index (χ4v) is 2.64. The Bertz CT molecular complexity index is 666. The highest BCUT2D eigenvalue weighted by Gasteiger charge is 2.24. The predicted molar refractivity (Wildman–Crippen MR) is 94.0 cm³/mol. The van der Waals surface area contributed by atoms with Crippen molar-refractivity contribution in [2.24, 2.45) is 0 Å². The van der Waals surface area contributed by atoms with E-state index >= 15 is 0 Å². The fourth-order valence-electron chi connectivity index (χ4n) is 2.64. The van der Waals surface area contributed by atoms with Gasteiger partial charge in [-0.15, -0.1) is 13.2 Å². The molecular weight excluding hydrogens is 272 g/mol. The van der Waals surface area contributed by atoms with E-state index in [-0.39, 0.29) is 5.41 Å². The van der Waals surface area contributed by atoms with Crippen LogP contribution in [-0.2, 0) is 12.0 Å². The molecule has 22 heavy (non-hydrogen) atoms. The topological polar surface area (TPSA) is 46.6 Å². The molecule has 0 aliphatic carbocycles. The Balaban J connectivity index is 2.54. The van der Waals surface area contributed by atoms with E-state index in [0.717, 1.165) is 36.7 Å². The van der Waals surface area contributed by atoms with Crippen molar-refractivity contribution in [3.8, 4) is 0 Å². The number of pyridine rings is 1. The third kappa shape index (κ3) is 3.39. The first-order chi connectivity index (χ1) is 10.4. The maximum atomic E-state index is 5.96. The molecule has 2 N–H and O–H groups in total. The number of nitrogens with two attached hydrogens (primary N) is 1. The molecule has 2 aromatic rings. The number of fused-ring (bicyclic) bond motifs is 1. The standard InChI is InChI=1S/C18H26N4/c1-6-10-21(11-7-2)13-15-17(18(3,4)5)20-16-9-8-14(19)12-22(15)16/h6-9,12H,1-2,10-11,13,19H2,3-5H3. The lowest BCUT2D eigenvalue weighted by Crippen LogP contribution is -2.26. The van der Waals surface area contributed by atoms with Gasteiger partial charge < -0.3 is 10.1 Å². The second kappa shape index (κ2) is 6.36. The molecule has 2 aromatic heterocycles. The zero-order valence-corrected chi connectivity index (χ0v) is 13.8. The van der Waals surface area contributed by atoms with Crippen LogP contribution in [0.15, 0.2) is 43.6 Å². The second-order valence-corrected chi connectivity index (χ2v) is 6.62. The summed E-state index contributed by atoms with van der Waals surface area (Å²) >= 11 is 0. The molecule has 0 amide bonds. The van der Waals surface area contributed by atoms with E-state index in [1.54, 1.807) is 0 Å². The Hall–Kier alpha value is -2.07. The van der Waals surface area contributed by atoms with Gasteiger partial charge in [0.15, 0.2) is 0 Å². The van der Waals surface area contributed by atoms with Gasteiger partial charge in [-0.2, -0.15) is 0 Å². The molecule has 0 aliphatic rings. The molecule has 0 atom stereocenters. The van der Waals surface area contributed by atoms with E-state index < -0.39 is 0 Å². The number of anilines is 1. The van der Waals surface area contributed by atoms with Crippen molar-refractivity contribution in [2.75, 3.05) is 18.8 Å². The Morgan fingerprint density at radius 1 is 1.23 bits per heavy atom. The summed E-state index contributed by atoms with van der Waals surface area (Å²) in [7, 11) is 0. The Kier molecular flexibility index (Phi) is 4.71. The smallest absolute Gasteiger partial charge is 0.137 e. The molecule has 2 rings (SSSR count). The van der Waals surface area contributed by atoms with Crippen LogP contribution in [-0.4, -0.2) is 27.4 Å². The van der Waals surface area contributed by atoms with Crippen molar-refractivity contribution in [1.29, 1.82) is 0 Å². The molecule has 0 spiro atoms. The van der Waals surface area contributed by atoms with E-state index in [0.29, 0.717) is 0 Å². The highest BCUT2D eigenvalue weighted by molar-refractivity contribution is 5.51. The van der Waals surface area contributed by atoms with Crippen LogP contribution < -0.4 is 5.73 Å². The molecule has 0 unspecified atom stereocenters. The van der Waals surface area contributed by atoms with Gasteiger partial charge in [-0.05, 0) is 12.1 Å². The average molecular weight is 298 g/mol. The largest absolute Gasteiger partial charge is 0.398 e. The molecule has 0 aromatic carbocycles. The van der Waals surface area contributed by atoms with Gasteiger partial charge in [0.25, 0.3) is 0 Å². The van der Waals surface area contributed by atoms with Gasteiger partial charge >= 0.3 is 0 Å². The van der Waals surface area contributed by atoms with Crippen molar-refractivity contribution in [3.63, 3.8) is 0 Å². The summed E-state index contributed by atoms with van der Waals surface area (Å²) in [5.41, 5.74) is 9.91. The van der Waals surface area contributed by atoms with E-state index in [9.17, 15) is 0 Å². The van der Waals surface area contributed by atoms with Crippen LogP contribution in [0.3, 0.4) is 0 Å². The minimum Gasteiger partial charge on any atom is -0.398 e. The average Bonchev–Trinajstić information content (AvgIpc) is 2.78. The molecular formula is C18H26N4. The van der Waals surface area contributed by atoms with Crippen LogP contribution >= 0.6 is 0 Å². The van der Waals surface area contributed by atoms with Gasteiger partial charge in [-0.3, -0.25) is 4.90 Å². The highest BCUT2D eigenvalue weighted by Crippen LogP contribution is 2.28. The van der Waals surface area contributed by atoms with Crippen LogP contribution in [0.1, 0.15) is 32.2 Å². The quantitative estimate of drug-likeness (QED) is 0.832. The Morgan fingerprint density at radius 2 is 1.86 bits per heavy atom. The molecule has 4 nitrogen and oxygen atoms in total. The minimum absolute atomic E-state index is 0.0237. The molecule has 0 saturated heterocycles. The minimum atomic E-state index is -0.0237. The monoisotopic (exact) mass is 298 g/mol. The van der Waals surface area contributed by atoms with E-state index in [1.807, 2.05) is 30.5 Å². The third-order valence-corrected chi connectivity index (χ3v) is 3.60. The van der Waals surface area contributed by atoms with Gasteiger partial charge in [-0.25, -0.2) is 4.98 Å². The zero-order valence-electron chi connectivity index (χ0n) is 13.8. The van der Waals surface area contributed by atoms with Crippen LogP contribution in [0.5, 0.6) is 0 Å². The molecule has 0 saturated carbocycles. The maximum absolute atomic E-state index is 5.96. The van der Waals surface area contributed by atoms with E-state index in [1.165, 1.54) is 5.69 Å². The zero-order chi connectivity index (χ0) is 16.3. The summed E-state index contributed by atoms with van der Waals surface area (Å²) in [6.07, 6.45) is 5.78. The van der Waals surface area contributed by atoms with Crippen molar-refractivity contribution in [2.45, 2.75) is 32.7 Å². The molecule has 2 heterocycles. The van der Waals surface area contributed by atoms with Crippen molar-refractivity contribution >= 4 is 11.3 Å². The molecule has 0 fully saturated rings. The summed E-state index contributed by atoms with van der Waals surface area (Å²) in [4.78, 5) is 7.11. The van der Waals surface area contributed by atoms with Crippen LogP contribution in [0.2, 0.25) is 0 Å². The predicted octanol–water partition coefficient (Wildman–Crippen LogP) is 3.39. The fraction of sp³-hybridized carbons (Fsp3) is 0.389. The first-order valence-electron chi connectivity index (χ1n) is 7.58. The normalized spacial score (nSPS) is 12.0. The first-order valence-corrected chi connectivity index (χ1v) is 7.58. The summed E-state index contributed by atoms with van der Waals surface area (Å²) in [5.74, 6) is 0. The lowest BCUT2D eigenvalue weighted by molar-refractivity contribution is 0.319. The molecule has 0 bridgehead atoms. The molecule has 118 valence electrons. The summed E-state index contributed by atoms with van der Waals surface area (Å²) < 4.78 is 2.11. The van der Waals surface area contributed by atoms with Gasteiger partial charge in [0, 0.05) is 36.9 Å². The highest BCUT2D eigenvalue weighted by atomic mass is 15.1. The number of imidazole rings is 1. The molecule has 4 heteroatoms. The van der Waals surface area contributed by atoms with E-state index in [4.69, 9.17) is 10.7 Å². The van der Waals surface area contributed by atoms with Gasteiger partial charge in [0.2, 0.25) is 0 Å². The van der Waals surface area contributed by atoms with Crippen molar-refractivity contribution < 1.29 is 0 Å². The van der Waals surface area contributed by atoms with Crippen LogP contribution in [0.25, 0.3) is 5.65 Å². The van der Waals surface area contributed by atoms with E-state index in [2.05, 4.69) is 43.2 Å². The molecule has 0 aliphatic heterocycles. The number of nitrogens with zero attached hydrogens (tertiary/aromatic N) is 3. The number of aromatic nitrogens is 2. The summed E-state index contributed by atoms with van der Waals surface area (Å²) in [6, 6.07) is 3.86. The maximum Gasteiger partial charge on any atom is 0.137 e. The molecule has 0 radical (unpaired) electrons. The lowest BCUT2D eigenvalue weighted by Gasteiger charge is -2.23. The van der Waals surface area contributed by atoms with Crippen molar-refractivity contribution in [1.82, 2.24) is 14.3 Å². The third-order valence-electron chi connectivity index (χ3n) is 3.60. The lowest BCUT2D eigenvalue weighted by atomic mass is 9.90. The van der Waals surface area contributed by atoms with Gasteiger partial charge in [0.05, 0.1) is 11.4 Å². The van der Waals surface area contributed by atoms with Crippen LogP contribution in [0, 0.1) is 0 Å². The second-order valence-electron chi connectivity index (χ2n) is 6.62. The van der Waals surface area contributed by atoms with Crippen molar-refractivity contribution in [3.05, 3.63) is 55.0 Å². The SMILES string of the molecule is C=CCN(CC=C)Cc1c(C(C)(C)C)nc2ccc(N)cn12. The number of hydrogen-bond acceptors (Lipinski definition) is 3. The number of nitrogen functional groups attached to an aromatic ring is 1. The summed E-state index contributed by atoms with van der Waals surface area (Å²) in [6.45, 7) is 16.7. The number of rotatable bonds is 6. The Morgan fingerprint density at radius 3 is 2.41 bits per heavy atom. The number of hydrogen-bond donors (Lipinski definition) is 1. The first kappa shape index (κ1) is 16.3. The Labute approximate surface area is 133 Å². The van der Waals surface area contributed by atoms with Gasteiger partial charge in [-0.1, -0.05) is 32.9 Å².